The Morgan fingerprint density at radius 1 is 1.10 bits per heavy atom. The van der Waals surface area contributed by atoms with E-state index in [0.29, 0.717) is 16.7 Å². The lowest BCUT2D eigenvalue weighted by molar-refractivity contribution is 0.0704. The molecule has 0 aliphatic carbocycles. The summed E-state index contributed by atoms with van der Waals surface area (Å²) >= 11 is 1.51. The summed E-state index contributed by atoms with van der Waals surface area (Å²) in [4.78, 5) is 24.3. The highest BCUT2D eigenvalue weighted by molar-refractivity contribution is 7.98. The smallest absolute Gasteiger partial charge is 0.290 e. The predicted octanol–water partition coefficient (Wildman–Crippen LogP) is 5.80. The summed E-state index contributed by atoms with van der Waals surface area (Å²) in [5.41, 5.74) is 4.09. The number of carbonyl (C=O) groups is 1. The first-order valence-corrected chi connectivity index (χ1v) is 11.5. The average molecular weight is 430 g/mol. The van der Waals surface area contributed by atoms with Crippen molar-refractivity contribution in [2.45, 2.75) is 36.7 Å². The van der Waals surface area contributed by atoms with Crippen LogP contribution in [0.25, 0.3) is 11.0 Å². The van der Waals surface area contributed by atoms with E-state index in [0.717, 1.165) is 35.9 Å². The zero-order valence-corrected chi connectivity index (χ0v) is 18.1. The second kappa shape index (κ2) is 8.55. The van der Waals surface area contributed by atoms with Gasteiger partial charge >= 0.3 is 0 Å². The summed E-state index contributed by atoms with van der Waals surface area (Å²) in [5, 5.41) is 1.66. The van der Waals surface area contributed by atoms with Gasteiger partial charge in [0.25, 0.3) is 5.91 Å². The second-order valence-corrected chi connectivity index (χ2v) is 8.68. The molecule has 2 aromatic heterocycles. The number of hydrogen-bond acceptors (Lipinski definition) is 5. The van der Waals surface area contributed by atoms with Crippen molar-refractivity contribution in [1.82, 2.24) is 14.9 Å². The first-order valence-electron chi connectivity index (χ1n) is 10.5. The van der Waals surface area contributed by atoms with Crippen molar-refractivity contribution in [1.29, 1.82) is 0 Å². The maximum Gasteiger partial charge on any atom is 0.290 e. The van der Waals surface area contributed by atoms with Gasteiger partial charge in [-0.3, -0.25) is 4.79 Å². The molecular formula is C25H23N3O2S. The molecule has 5 rings (SSSR count). The van der Waals surface area contributed by atoms with Gasteiger partial charge in [0.05, 0.1) is 6.04 Å². The minimum atomic E-state index is -0.0356. The van der Waals surface area contributed by atoms with Crippen molar-refractivity contribution in [3.63, 3.8) is 0 Å². The van der Waals surface area contributed by atoms with Gasteiger partial charge in [-0.1, -0.05) is 54.2 Å². The van der Waals surface area contributed by atoms with Gasteiger partial charge in [-0.15, -0.1) is 0 Å². The van der Waals surface area contributed by atoms with E-state index < -0.39 is 0 Å². The molecule has 156 valence electrons. The molecule has 0 bridgehead atoms. The Kier molecular flexibility index (Phi) is 5.47. The van der Waals surface area contributed by atoms with Crippen LogP contribution in [-0.4, -0.2) is 27.3 Å². The summed E-state index contributed by atoms with van der Waals surface area (Å²) < 4.78 is 6.13. The average Bonchev–Trinajstić information content (AvgIpc) is 3.43. The largest absolute Gasteiger partial charge is 0.451 e. The van der Waals surface area contributed by atoms with Gasteiger partial charge in [0, 0.05) is 35.6 Å². The Balaban J connectivity index is 1.50. The van der Waals surface area contributed by atoms with E-state index in [2.05, 4.69) is 29.0 Å². The molecule has 1 aliphatic heterocycles. The molecule has 0 spiro atoms. The molecule has 2 aromatic carbocycles. The van der Waals surface area contributed by atoms with Crippen molar-refractivity contribution in [3.05, 3.63) is 89.4 Å². The highest BCUT2D eigenvalue weighted by Gasteiger charge is 2.34. The van der Waals surface area contributed by atoms with Crippen LogP contribution in [0.2, 0.25) is 0 Å². The number of fused-ring (bicyclic) bond motifs is 1. The van der Waals surface area contributed by atoms with Crippen LogP contribution in [0.1, 0.15) is 46.1 Å². The number of furan rings is 1. The lowest BCUT2D eigenvalue weighted by Gasteiger charge is -2.26. The van der Waals surface area contributed by atoms with E-state index >= 15 is 0 Å². The van der Waals surface area contributed by atoms with E-state index in [4.69, 9.17) is 4.42 Å². The van der Waals surface area contributed by atoms with Crippen LogP contribution in [-0.2, 0) is 5.75 Å². The molecule has 1 amide bonds. The number of likely N-dealkylation sites (tertiary alicyclic amines) is 1. The van der Waals surface area contributed by atoms with Crippen molar-refractivity contribution in [3.8, 4) is 0 Å². The number of rotatable bonds is 5. The molecule has 1 fully saturated rings. The van der Waals surface area contributed by atoms with Crippen LogP contribution < -0.4 is 0 Å². The molecule has 31 heavy (non-hydrogen) atoms. The summed E-state index contributed by atoms with van der Waals surface area (Å²) in [5.74, 6) is 0.974. The Bertz CT molecular complexity index is 1220. The van der Waals surface area contributed by atoms with Crippen LogP contribution in [0, 0.1) is 6.92 Å². The lowest BCUT2D eigenvalue weighted by atomic mass is 9.99. The number of aryl methyl sites for hydroxylation is 1. The highest BCUT2D eigenvalue weighted by Crippen LogP contribution is 2.37. The molecule has 3 heterocycles. The third kappa shape index (κ3) is 3.83. The Morgan fingerprint density at radius 3 is 2.71 bits per heavy atom. The summed E-state index contributed by atoms with van der Waals surface area (Å²) in [7, 11) is 0. The molecule has 1 saturated heterocycles. The third-order valence-electron chi connectivity index (χ3n) is 5.84. The number of para-hydroxylation sites is 1. The highest BCUT2D eigenvalue weighted by atomic mass is 32.2. The number of benzene rings is 2. The summed E-state index contributed by atoms with van der Waals surface area (Å²) in [6.07, 6.45) is 5.42. The van der Waals surface area contributed by atoms with Crippen LogP contribution in [0.15, 0.2) is 76.6 Å². The molecule has 6 heteroatoms. The Labute approximate surface area is 185 Å². The van der Waals surface area contributed by atoms with Crippen LogP contribution >= 0.6 is 11.8 Å². The molecule has 4 aromatic rings. The molecule has 0 saturated carbocycles. The zero-order valence-electron chi connectivity index (χ0n) is 17.3. The maximum absolute atomic E-state index is 13.7. The fourth-order valence-corrected chi connectivity index (χ4v) is 5.17. The number of amides is 1. The van der Waals surface area contributed by atoms with Gasteiger partial charge in [-0.2, -0.15) is 0 Å². The van der Waals surface area contributed by atoms with E-state index in [1.807, 2.05) is 41.3 Å². The Hall–Kier alpha value is -3.12. The normalized spacial score (nSPS) is 16.2. The van der Waals surface area contributed by atoms with Gasteiger partial charge in [-0.05, 0) is 43.0 Å². The summed E-state index contributed by atoms with van der Waals surface area (Å²) in [6.45, 7) is 2.85. The minimum absolute atomic E-state index is 0.0356. The second-order valence-electron chi connectivity index (χ2n) is 7.74. The van der Waals surface area contributed by atoms with Crippen LogP contribution in [0.5, 0.6) is 0 Å². The van der Waals surface area contributed by atoms with E-state index in [1.54, 1.807) is 18.5 Å². The number of carbonyl (C=O) groups excluding carboxylic acids is 1. The fraction of sp³-hybridized carbons (Fsp3) is 0.240. The van der Waals surface area contributed by atoms with Gasteiger partial charge in [-0.25, -0.2) is 9.97 Å². The fourth-order valence-electron chi connectivity index (χ4n) is 4.34. The number of thioether (sulfide) groups is 1. The molecule has 5 nitrogen and oxygen atoms in total. The van der Waals surface area contributed by atoms with E-state index in [1.165, 1.54) is 22.9 Å². The molecule has 0 radical (unpaired) electrons. The van der Waals surface area contributed by atoms with Gasteiger partial charge in [0.1, 0.15) is 5.58 Å². The van der Waals surface area contributed by atoms with E-state index in [9.17, 15) is 4.79 Å². The first-order chi connectivity index (χ1) is 15.2. The standard InChI is InChI=1S/C25H23N3O2S/c1-17-8-2-3-9-18(17)21-11-6-15-28(21)24(29)23-20(16-31-25-26-13-7-14-27-25)19-10-4-5-12-22(19)30-23/h2-5,7-10,12-14,21H,6,11,15-16H2,1H3. The van der Waals surface area contributed by atoms with Crippen molar-refractivity contribution in [2.75, 3.05) is 6.54 Å². The van der Waals surface area contributed by atoms with Crippen LogP contribution in [0.3, 0.4) is 0 Å². The summed E-state index contributed by atoms with van der Waals surface area (Å²) in [6, 6.07) is 18.1. The topological polar surface area (TPSA) is 59.2 Å². The number of nitrogens with zero attached hydrogens (tertiary/aromatic N) is 3. The van der Waals surface area contributed by atoms with Crippen molar-refractivity contribution < 1.29 is 9.21 Å². The SMILES string of the molecule is Cc1ccccc1C1CCCN1C(=O)c1oc2ccccc2c1CSc1ncccn1. The van der Waals surface area contributed by atoms with Crippen molar-refractivity contribution >= 4 is 28.6 Å². The van der Waals surface area contributed by atoms with Gasteiger partial charge in [0.15, 0.2) is 10.9 Å². The molecule has 1 atom stereocenters. The van der Waals surface area contributed by atoms with Crippen molar-refractivity contribution in [2.24, 2.45) is 0 Å². The van der Waals surface area contributed by atoms with Crippen LogP contribution in [0.4, 0.5) is 0 Å². The molecule has 0 N–H and O–H groups in total. The quantitative estimate of drug-likeness (QED) is 0.296. The molecular weight excluding hydrogens is 406 g/mol. The minimum Gasteiger partial charge on any atom is -0.451 e. The molecule has 1 aliphatic rings. The molecule has 1 unspecified atom stereocenters. The lowest BCUT2D eigenvalue weighted by Crippen LogP contribution is -2.31. The first kappa shape index (κ1) is 19.8. The number of aromatic nitrogens is 2. The third-order valence-corrected chi connectivity index (χ3v) is 6.74. The predicted molar refractivity (Wildman–Crippen MR) is 122 cm³/mol. The monoisotopic (exact) mass is 429 g/mol. The van der Waals surface area contributed by atoms with Gasteiger partial charge in [0.2, 0.25) is 0 Å². The zero-order chi connectivity index (χ0) is 21.2. The van der Waals surface area contributed by atoms with E-state index in [-0.39, 0.29) is 11.9 Å². The maximum atomic E-state index is 13.7. The number of hydrogen-bond donors (Lipinski definition) is 0. The van der Waals surface area contributed by atoms with Gasteiger partial charge < -0.3 is 9.32 Å². The Morgan fingerprint density at radius 2 is 1.87 bits per heavy atom.